The van der Waals surface area contributed by atoms with E-state index in [1.807, 2.05) is 12.1 Å². The monoisotopic (exact) mass is 387 g/mol. The van der Waals surface area contributed by atoms with Gasteiger partial charge in [0, 0.05) is 36.4 Å². The number of benzene rings is 2. The number of nitrogens with zero attached hydrogens (tertiary/aromatic N) is 1. The Hall–Kier alpha value is -2.44. The second kappa shape index (κ2) is 7.66. The highest BCUT2D eigenvalue weighted by Gasteiger charge is 2.23. The van der Waals surface area contributed by atoms with Gasteiger partial charge in [-0.05, 0) is 48.7 Å². The number of carbonyl (C=O) groups excluding carboxylic acids is 1. The molecule has 0 saturated carbocycles. The van der Waals surface area contributed by atoms with Gasteiger partial charge in [-0.15, -0.1) is 0 Å². The van der Waals surface area contributed by atoms with Gasteiger partial charge in [-0.25, -0.2) is 0 Å². The molecule has 142 valence electrons. The zero-order valence-corrected chi connectivity index (χ0v) is 15.7. The summed E-state index contributed by atoms with van der Waals surface area (Å²) in [6.45, 7) is 2.99. The topological polar surface area (TPSA) is 76.8 Å². The molecular formula is C20H22ClN3O3. The van der Waals surface area contributed by atoms with Crippen LogP contribution >= 0.6 is 11.6 Å². The fourth-order valence-electron chi connectivity index (χ4n) is 3.52. The third-order valence-electron chi connectivity index (χ3n) is 5.03. The van der Waals surface area contributed by atoms with E-state index < -0.39 is 0 Å². The Kier molecular flexibility index (Phi) is 5.09. The number of hydrogen-bond donors (Lipinski definition) is 2. The fraction of sp³-hybridized carbons (Fsp3) is 0.350. The second-order valence-electron chi connectivity index (χ2n) is 6.94. The number of likely N-dealkylation sites (tertiary alicyclic amines) is 1. The Balaban J connectivity index is 1.30. The molecule has 0 bridgehead atoms. The molecule has 7 heteroatoms. The van der Waals surface area contributed by atoms with Crippen LogP contribution in [0.15, 0.2) is 36.4 Å². The molecular weight excluding hydrogens is 366 g/mol. The highest BCUT2D eigenvalue weighted by molar-refractivity contribution is 6.31. The average molecular weight is 388 g/mol. The quantitative estimate of drug-likeness (QED) is 0.788. The molecule has 0 spiro atoms. The smallest absolute Gasteiger partial charge is 0.253 e. The summed E-state index contributed by atoms with van der Waals surface area (Å²) >= 11 is 5.98. The van der Waals surface area contributed by atoms with Gasteiger partial charge in [0.2, 0.25) is 6.79 Å². The summed E-state index contributed by atoms with van der Waals surface area (Å²) in [5.41, 5.74) is 7.97. The number of piperidine rings is 1. The summed E-state index contributed by atoms with van der Waals surface area (Å²) in [5, 5.41) is 3.59. The summed E-state index contributed by atoms with van der Waals surface area (Å²) in [6.07, 6.45) is 1.80. The molecule has 0 aliphatic carbocycles. The van der Waals surface area contributed by atoms with E-state index in [9.17, 15) is 4.79 Å². The van der Waals surface area contributed by atoms with Crippen molar-refractivity contribution in [2.75, 3.05) is 25.6 Å². The van der Waals surface area contributed by atoms with Crippen LogP contribution in [0.1, 0.15) is 28.8 Å². The van der Waals surface area contributed by atoms with E-state index in [1.165, 1.54) is 5.56 Å². The molecule has 2 aromatic rings. The lowest BCUT2D eigenvalue weighted by atomic mass is 10.0. The van der Waals surface area contributed by atoms with Crippen LogP contribution in [0.3, 0.4) is 0 Å². The van der Waals surface area contributed by atoms with Crippen molar-refractivity contribution in [3.05, 3.63) is 52.5 Å². The van der Waals surface area contributed by atoms with E-state index in [2.05, 4.69) is 16.3 Å². The first-order valence-corrected chi connectivity index (χ1v) is 9.43. The molecule has 1 amide bonds. The molecule has 2 aliphatic heterocycles. The maximum absolute atomic E-state index is 12.5. The van der Waals surface area contributed by atoms with E-state index in [4.69, 9.17) is 26.8 Å². The number of nitrogens with one attached hydrogen (secondary N) is 1. The summed E-state index contributed by atoms with van der Waals surface area (Å²) in [5.74, 6) is 1.46. The van der Waals surface area contributed by atoms with Gasteiger partial charge >= 0.3 is 0 Å². The first kappa shape index (κ1) is 17.9. The van der Waals surface area contributed by atoms with Gasteiger partial charge in [0.15, 0.2) is 11.5 Å². The number of ether oxygens (including phenoxy) is 2. The van der Waals surface area contributed by atoms with Crippen molar-refractivity contribution in [1.29, 1.82) is 0 Å². The SMILES string of the molecule is Nc1ccc(Cl)cc1C(=O)NC1CCN(Cc2ccc3c(c2)OCO3)CC1. The average Bonchev–Trinajstić information content (AvgIpc) is 3.13. The highest BCUT2D eigenvalue weighted by atomic mass is 35.5. The molecule has 1 saturated heterocycles. The van der Waals surface area contributed by atoms with Crippen molar-refractivity contribution in [3.63, 3.8) is 0 Å². The first-order chi connectivity index (χ1) is 13.1. The van der Waals surface area contributed by atoms with Gasteiger partial charge in [-0.1, -0.05) is 17.7 Å². The molecule has 0 radical (unpaired) electrons. The largest absolute Gasteiger partial charge is 0.454 e. The fourth-order valence-corrected chi connectivity index (χ4v) is 3.69. The Morgan fingerprint density at radius 1 is 1.15 bits per heavy atom. The van der Waals surface area contributed by atoms with Gasteiger partial charge in [0.05, 0.1) is 5.56 Å². The van der Waals surface area contributed by atoms with Crippen LogP contribution < -0.4 is 20.5 Å². The minimum Gasteiger partial charge on any atom is -0.454 e. The standard InChI is InChI=1S/C20H22ClN3O3/c21-14-2-3-17(22)16(10-14)20(25)23-15-5-7-24(8-6-15)11-13-1-4-18-19(9-13)27-12-26-18/h1-4,9-10,15H,5-8,11-12,22H2,(H,23,25). The van der Waals surface area contributed by atoms with Crippen LogP contribution in [0.5, 0.6) is 11.5 Å². The van der Waals surface area contributed by atoms with Gasteiger partial charge < -0.3 is 20.5 Å². The van der Waals surface area contributed by atoms with Gasteiger partial charge in [-0.3, -0.25) is 9.69 Å². The van der Waals surface area contributed by atoms with E-state index in [0.717, 1.165) is 44.0 Å². The van der Waals surface area contributed by atoms with Gasteiger partial charge in [0.25, 0.3) is 5.91 Å². The number of carbonyl (C=O) groups is 1. The third kappa shape index (κ3) is 4.12. The van der Waals surface area contributed by atoms with Crippen LogP contribution in [0.2, 0.25) is 5.02 Å². The zero-order chi connectivity index (χ0) is 18.8. The van der Waals surface area contributed by atoms with Gasteiger partial charge in [0.1, 0.15) is 0 Å². The number of halogens is 1. The lowest BCUT2D eigenvalue weighted by molar-refractivity contribution is 0.0909. The Morgan fingerprint density at radius 3 is 2.74 bits per heavy atom. The van der Waals surface area contributed by atoms with E-state index in [0.29, 0.717) is 23.1 Å². The lowest BCUT2D eigenvalue weighted by Gasteiger charge is -2.32. The summed E-state index contributed by atoms with van der Waals surface area (Å²) in [7, 11) is 0. The van der Waals surface area contributed by atoms with Crippen LogP contribution in [-0.4, -0.2) is 36.7 Å². The molecule has 1 fully saturated rings. The number of anilines is 1. The molecule has 2 aromatic carbocycles. The van der Waals surface area contributed by atoms with Crippen LogP contribution in [-0.2, 0) is 6.54 Å². The summed E-state index contributed by atoms with van der Waals surface area (Å²) in [4.78, 5) is 14.9. The molecule has 0 unspecified atom stereocenters. The normalized spacial score (nSPS) is 17.1. The number of fused-ring (bicyclic) bond motifs is 1. The van der Waals surface area contributed by atoms with Crippen molar-refractivity contribution in [3.8, 4) is 11.5 Å². The number of hydrogen-bond acceptors (Lipinski definition) is 5. The van der Waals surface area contributed by atoms with Crippen molar-refractivity contribution in [2.24, 2.45) is 0 Å². The summed E-state index contributed by atoms with van der Waals surface area (Å²) < 4.78 is 10.8. The van der Waals surface area contributed by atoms with E-state index >= 15 is 0 Å². The molecule has 3 N–H and O–H groups in total. The molecule has 2 aliphatic rings. The number of amides is 1. The zero-order valence-electron chi connectivity index (χ0n) is 14.9. The van der Waals surface area contributed by atoms with Crippen molar-refractivity contribution in [2.45, 2.75) is 25.4 Å². The van der Waals surface area contributed by atoms with Crippen molar-refractivity contribution in [1.82, 2.24) is 10.2 Å². The predicted octanol–water partition coefficient (Wildman–Crippen LogP) is 3.05. The minimum atomic E-state index is -0.163. The maximum atomic E-state index is 12.5. The molecule has 0 atom stereocenters. The van der Waals surface area contributed by atoms with Gasteiger partial charge in [-0.2, -0.15) is 0 Å². The highest BCUT2D eigenvalue weighted by Crippen LogP contribution is 2.33. The number of rotatable bonds is 4. The first-order valence-electron chi connectivity index (χ1n) is 9.05. The number of nitrogens with two attached hydrogens (primary N) is 1. The molecule has 4 rings (SSSR count). The molecule has 6 nitrogen and oxygen atoms in total. The second-order valence-corrected chi connectivity index (χ2v) is 7.38. The molecule has 0 aromatic heterocycles. The third-order valence-corrected chi connectivity index (χ3v) is 5.26. The lowest BCUT2D eigenvalue weighted by Crippen LogP contribution is -2.44. The van der Waals surface area contributed by atoms with Crippen molar-refractivity contribution >= 4 is 23.2 Å². The maximum Gasteiger partial charge on any atom is 0.253 e. The Bertz CT molecular complexity index is 850. The van der Waals surface area contributed by atoms with Crippen LogP contribution in [0.4, 0.5) is 5.69 Å². The number of nitrogen functional groups attached to an aromatic ring is 1. The Labute approximate surface area is 163 Å². The van der Waals surface area contributed by atoms with E-state index in [-0.39, 0.29) is 11.9 Å². The van der Waals surface area contributed by atoms with Crippen LogP contribution in [0, 0.1) is 0 Å². The summed E-state index contributed by atoms with van der Waals surface area (Å²) in [6, 6.07) is 11.2. The predicted molar refractivity (Wildman–Crippen MR) is 104 cm³/mol. The van der Waals surface area contributed by atoms with Crippen LogP contribution in [0.25, 0.3) is 0 Å². The Morgan fingerprint density at radius 2 is 1.93 bits per heavy atom. The molecule has 2 heterocycles. The molecule has 27 heavy (non-hydrogen) atoms. The van der Waals surface area contributed by atoms with Crippen molar-refractivity contribution < 1.29 is 14.3 Å². The van der Waals surface area contributed by atoms with E-state index in [1.54, 1.807) is 18.2 Å². The minimum absolute atomic E-state index is 0.142.